The zero-order valence-electron chi connectivity index (χ0n) is 29.3. The molecule has 0 saturated heterocycles. The van der Waals surface area contributed by atoms with Gasteiger partial charge in [-0.1, -0.05) is 22.3 Å². The lowest BCUT2D eigenvalue weighted by molar-refractivity contribution is 0.0516. The number of aromatic nitrogens is 8. The molecule has 2 aromatic carbocycles. The summed E-state index contributed by atoms with van der Waals surface area (Å²) >= 11 is 0. The van der Waals surface area contributed by atoms with E-state index in [4.69, 9.17) is 22.3 Å². The molecule has 280 valence electrons. The summed E-state index contributed by atoms with van der Waals surface area (Å²) in [4.78, 5) is 55.3. The molecule has 0 unspecified atom stereocenters. The first kappa shape index (κ1) is 38.8. The fourth-order valence-electron chi connectivity index (χ4n) is 4.83. The average Bonchev–Trinajstić information content (AvgIpc) is 3.90. The molecule has 0 aliphatic rings. The first-order chi connectivity index (χ1) is 26.8. The molecule has 0 aliphatic carbocycles. The van der Waals surface area contributed by atoms with Crippen LogP contribution in [0.1, 0.15) is 66.7 Å². The van der Waals surface area contributed by atoms with Crippen LogP contribution in [0.4, 0.5) is 0 Å². The molecule has 0 saturated carbocycles. The van der Waals surface area contributed by atoms with E-state index in [1.165, 1.54) is 82.4 Å². The van der Waals surface area contributed by atoms with Crippen molar-refractivity contribution in [3.63, 3.8) is 0 Å². The van der Waals surface area contributed by atoms with Crippen molar-refractivity contribution in [2.45, 2.75) is 13.8 Å². The third kappa shape index (κ3) is 8.80. The summed E-state index contributed by atoms with van der Waals surface area (Å²) in [5.41, 5.74) is 1.94. The van der Waals surface area contributed by atoms with Crippen molar-refractivity contribution in [2.75, 3.05) is 13.2 Å². The summed E-state index contributed by atoms with van der Waals surface area (Å²) in [5.74, 6) is 0.106. The van der Waals surface area contributed by atoms with Gasteiger partial charge in [-0.15, -0.1) is 23.0 Å². The molecule has 4 heterocycles. The molecule has 0 fully saturated rings. The largest absolute Gasteiger partial charge is 0.507 e. The van der Waals surface area contributed by atoms with Crippen LogP contribution < -0.4 is 0 Å². The number of benzene rings is 2. The molecule has 6 aromatic rings. The smallest absolute Gasteiger partial charge is 0.339 e. The van der Waals surface area contributed by atoms with Gasteiger partial charge in [0.2, 0.25) is 0 Å². The van der Waals surface area contributed by atoms with Crippen LogP contribution >= 0.6 is 0 Å². The van der Waals surface area contributed by atoms with Gasteiger partial charge >= 0.3 is 23.9 Å². The highest BCUT2D eigenvalue weighted by atomic mass is 16.5. The number of terminal acetylenes is 2. The molecule has 56 heavy (non-hydrogen) atoms. The molecule has 18 heteroatoms. The number of phenols is 2. The molecule has 0 atom stereocenters. The van der Waals surface area contributed by atoms with Crippen molar-refractivity contribution in [1.29, 1.82) is 0 Å². The van der Waals surface area contributed by atoms with Gasteiger partial charge in [-0.3, -0.25) is 0 Å². The fourth-order valence-corrected chi connectivity index (χ4v) is 4.83. The number of nitrogens with zero attached hydrogens (tertiary/aromatic N) is 8. The highest BCUT2D eigenvalue weighted by Crippen LogP contribution is 2.27. The molecule has 6 rings (SSSR count). The molecule has 0 amide bonds. The molecule has 0 aliphatic heterocycles. The quantitative estimate of drug-likeness (QED) is 0.115. The zero-order chi connectivity index (χ0) is 40.5. The molecule has 4 aromatic heterocycles. The number of hydrogen-bond donors (Lipinski definition) is 4. The van der Waals surface area contributed by atoms with Gasteiger partial charge in [-0.25, -0.2) is 38.5 Å². The van der Waals surface area contributed by atoms with E-state index in [1.54, 1.807) is 13.8 Å². The molecule has 0 bridgehead atoms. The van der Waals surface area contributed by atoms with E-state index in [2.05, 4.69) is 42.4 Å². The maximum absolute atomic E-state index is 12.6. The Labute approximate surface area is 316 Å². The van der Waals surface area contributed by atoms with E-state index in [-0.39, 0.29) is 46.1 Å². The third-order valence-electron chi connectivity index (χ3n) is 7.43. The van der Waals surface area contributed by atoms with Crippen LogP contribution in [0.3, 0.4) is 0 Å². The van der Waals surface area contributed by atoms with Gasteiger partial charge in [-0.05, 0) is 74.5 Å². The summed E-state index contributed by atoms with van der Waals surface area (Å²) in [6, 6.07) is 13.6. The Morgan fingerprint density at radius 3 is 1.41 bits per heavy atom. The second-order valence-corrected chi connectivity index (χ2v) is 11.1. The van der Waals surface area contributed by atoms with Gasteiger partial charge in [0.25, 0.3) is 0 Å². The molecule has 0 spiro atoms. The maximum Gasteiger partial charge on any atom is 0.339 e. The van der Waals surface area contributed by atoms with Gasteiger partial charge in [0, 0.05) is 0 Å². The predicted octanol–water partition coefficient (Wildman–Crippen LogP) is 3.78. The van der Waals surface area contributed by atoms with Crippen LogP contribution in [0.25, 0.3) is 34.2 Å². The zero-order valence-corrected chi connectivity index (χ0v) is 29.3. The monoisotopic (exact) mass is 756 g/mol. The van der Waals surface area contributed by atoms with Crippen LogP contribution in [0.2, 0.25) is 0 Å². The van der Waals surface area contributed by atoms with Gasteiger partial charge in [0.05, 0.1) is 59.5 Å². The standard InChI is InChI=1S/C26H19N7O8.C12H9NO2/c1-2-41-26(40)13-7-18(20-11-32(30-28-20)14-3-5-22(34)16(9-14)24(36)37)27-19(8-13)21-12-33(31-29-21)15-4-6-23(35)17(10-15)25(38)39;1-4-10-7-9(12(14)15-6-3)8-11(5-2)13-10/h3-12,34-35H,2H2,1H3,(H,36,37)(H,38,39);1-2,7-8H,6H2,3H3. The van der Waals surface area contributed by atoms with E-state index >= 15 is 0 Å². The Kier molecular flexibility index (Phi) is 11.8. The van der Waals surface area contributed by atoms with E-state index in [1.807, 2.05) is 0 Å². The summed E-state index contributed by atoms with van der Waals surface area (Å²) in [6.45, 7) is 3.81. The lowest BCUT2D eigenvalue weighted by Gasteiger charge is -2.06. The van der Waals surface area contributed by atoms with Crippen LogP contribution in [0.15, 0.2) is 73.1 Å². The number of aromatic carboxylic acids is 2. The predicted molar refractivity (Wildman–Crippen MR) is 194 cm³/mol. The summed E-state index contributed by atoms with van der Waals surface area (Å²) in [6.07, 6.45) is 13.3. The van der Waals surface area contributed by atoms with Crippen molar-refractivity contribution in [3.05, 3.63) is 107 Å². The Hall–Kier alpha value is -8.38. The minimum atomic E-state index is -1.32. The van der Waals surface area contributed by atoms with Gasteiger partial charge in [0.1, 0.15) is 45.4 Å². The van der Waals surface area contributed by atoms with Crippen LogP contribution in [0.5, 0.6) is 11.5 Å². The van der Waals surface area contributed by atoms with Crippen molar-refractivity contribution in [1.82, 2.24) is 40.0 Å². The van der Waals surface area contributed by atoms with E-state index in [9.17, 15) is 39.6 Å². The molecule has 0 radical (unpaired) electrons. The van der Waals surface area contributed by atoms with E-state index in [0.29, 0.717) is 34.9 Å². The minimum Gasteiger partial charge on any atom is -0.507 e. The lowest BCUT2D eigenvalue weighted by atomic mass is 10.1. The first-order valence-corrected chi connectivity index (χ1v) is 16.2. The number of pyridine rings is 2. The number of hydrogen-bond acceptors (Lipinski definition) is 14. The molecule has 4 N–H and O–H groups in total. The average molecular weight is 757 g/mol. The van der Waals surface area contributed by atoms with Crippen LogP contribution in [-0.2, 0) is 9.47 Å². The van der Waals surface area contributed by atoms with Crippen LogP contribution in [-0.4, -0.2) is 97.5 Å². The summed E-state index contributed by atoms with van der Waals surface area (Å²) in [5, 5.41) is 54.4. The maximum atomic E-state index is 12.6. The number of carbonyl (C=O) groups is 4. The number of aromatic hydroxyl groups is 2. The summed E-state index contributed by atoms with van der Waals surface area (Å²) < 4.78 is 12.5. The Bertz CT molecular complexity index is 2430. The lowest BCUT2D eigenvalue weighted by Crippen LogP contribution is -2.06. The second kappa shape index (κ2) is 17.0. The van der Waals surface area contributed by atoms with Crippen molar-refractivity contribution < 1.29 is 49.1 Å². The highest BCUT2D eigenvalue weighted by Gasteiger charge is 2.19. The third-order valence-corrected chi connectivity index (χ3v) is 7.43. The first-order valence-electron chi connectivity index (χ1n) is 16.2. The number of ether oxygens (including phenoxy) is 2. The fraction of sp³-hybridized carbons (Fsp3) is 0.105. The number of rotatable bonds is 10. The van der Waals surface area contributed by atoms with E-state index in [0.717, 1.165) is 0 Å². The number of carbonyl (C=O) groups excluding carboxylic acids is 2. The Morgan fingerprint density at radius 1 is 0.625 bits per heavy atom. The van der Waals surface area contributed by atoms with Crippen LogP contribution in [0, 0.1) is 24.7 Å². The molecule has 18 nitrogen and oxygen atoms in total. The van der Waals surface area contributed by atoms with Gasteiger partial charge in [0.15, 0.2) is 0 Å². The normalized spacial score (nSPS) is 10.3. The summed E-state index contributed by atoms with van der Waals surface area (Å²) in [7, 11) is 0. The highest BCUT2D eigenvalue weighted by molar-refractivity contribution is 5.93. The van der Waals surface area contributed by atoms with E-state index < -0.39 is 35.4 Å². The number of carboxylic acids is 2. The number of esters is 2. The van der Waals surface area contributed by atoms with Crippen molar-refractivity contribution in [3.8, 4) is 70.3 Å². The Balaban J connectivity index is 0.000000337. The van der Waals surface area contributed by atoms with Crippen molar-refractivity contribution in [2.24, 2.45) is 0 Å². The topological polar surface area (TPSA) is 255 Å². The van der Waals surface area contributed by atoms with Gasteiger partial charge in [-0.2, -0.15) is 0 Å². The number of carboxylic acid groups (broad SMARTS) is 2. The van der Waals surface area contributed by atoms with Gasteiger partial charge < -0.3 is 29.9 Å². The minimum absolute atomic E-state index is 0.123. The molecular formula is C38H28N8O10. The molecular weight excluding hydrogens is 728 g/mol. The second-order valence-electron chi connectivity index (χ2n) is 11.1. The SMILES string of the molecule is C#Cc1cc(C(=O)OCC)cc(C#C)n1.CCOC(=O)c1cc(-c2cn(-c3ccc(O)c(C(=O)O)c3)nn2)nc(-c2cn(-c3ccc(O)c(C(=O)O)c3)nn2)c1. The Morgan fingerprint density at radius 2 is 1.04 bits per heavy atom. The van der Waals surface area contributed by atoms with Crippen molar-refractivity contribution >= 4 is 23.9 Å².